The van der Waals surface area contributed by atoms with Gasteiger partial charge in [-0.25, -0.2) is 12.7 Å². The molecule has 1 saturated heterocycles. The summed E-state index contributed by atoms with van der Waals surface area (Å²) < 4.78 is 25.4. The Labute approximate surface area is 138 Å². The predicted octanol–water partition coefficient (Wildman–Crippen LogP) is 1.46. The fourth-order valence-electron chi connectivity index (χ4n) is 2.90. The number of nitrogen functional groups attached to an aromatic ring is 1. The van der Waals surface area contributed by atoms with Crippen molar-refractivity contribution in [1.82, 2.24) is 9.21 Å². The number of rotatable bonds is 4. The number of piperidine rings is 1. The number of carbonyl (C=O) groups is 1. The van der Waals surface area contributed by atoms with Crippen LogP contribution in [-0.2, 0) is 10.0 Å². The maximum absolute atomic E-state index is 12.6. The first kappa shape index (κ1) is 17.7. The van der Waals surface area contributed by atoms with E-state index in [0.29, 0.717) is 37.2 Å². The molecule has 0 aromatic heterocycles. The Bertz CT molecular complexity index is 680. The zero-order chi connectivity index (χ0) is 17.2. The van der Waals surface area contributed by atoms with Gasteiger partial charge >= 0.3 is 0 Å². The van der Waals surface area contributed by atoms with E-state index >= 15 is 0 Å². The molecule has 23 heavy (non-hydrogen) atoms. The van der Waals surface area contributed by atoms with Gasteiger partial charge in [0.2, 0.25) is 10.0 Å². The van der Waals surface area contributed by atoms with E-state index in [1.165, 1.54) is 4.31 Å². The summed E-state index contributed by atoms with van der Waals surface area (Å²) >= 11 is 0. The first-order valence-electron chi connectivity index (χ1n) is 7.87. The molecule has 1 heterocycles. The van der Waals surface area contributed by atoms with Crippen molar-refractivity contribution in [2.24, 2.45) is 0 Å². The number of sulfonamides is 1. The third-order valence-corrected chi connectivity index (χ3v) is 6.47. The quantitative estimate of drug-likeness (QED) is 0.842. The Morgan fingerprint density at radius 3 is 2.52 bits per heavy atom. The molecule has 2 rings (SSSR count). The van der Waals surface area contributed by atoms with E-state index in [0.717, 1.165) is 5.56 Å². The molecule has 0 bridgehead atoms. The number of likely N-dealkylation sites (tertiary alicyclic amines) is 1. The Balaban J connectivity index is 2.04. The highest BCUT2D eigenvalue weighted by atomic mass is 32.2. The number of hydrogen-bond donors (Lipinski definition) is 1. The minimum absolute atomic E-state index is 0.0331. The first-order valence-corrected chi connectivity index (χ1v) is 9.48. The number of hydrogen-bond acceptors (Lipinski definition) is 4. The SMILES string of the molecule is CCS(=O)(=O)N(C)C1CCN(C(=O)c2cc(N)ccc2C)CC1. The van der Waals surface area contributed by atoms with Gasteiger partial charge in [0.1, 0.15) is 0 Å². The minimum Gasteiger partial charge on any atom is -0.399 e. The monoisotopic (exact) mass is 339 g/mol. The van der Waals surface area contributed by atoms with E-state index in [1.54, 1.807) is 31.0 Å². The van der Waals surface area contributed by atoms with E-state index < -0.39 is 10.0 Å². The average Bonchev–Trinajstić information content (AvgIpc) is 2.55. The lowest BCUT2D eigenvalue weighted by Crippen LogP contribution is -2.47. The Kier molecular flexibility index (Phi) is 5.31. The summed E-state index contributed by atoms with van der Waals surface area (Å²) in [5.74, 6) is 0.0692. The first-order chi connectivity index (χ1) is 10.8. The lowest BCUT2D eigenvalue weighted by Gasteiger charge is -2.36. The summed E-state index contributed by atoms with van der Waals surface area (Å²) in [6.45, 7) is 4.65. The lowest BCUT2D eigenvalue weighted by atomic mass is 10.0. The van der Waals surface area contributed by atoms with Crippen molar-refractivity contribution in [2.45, 2.75) is 32.7 Å². The predicted molar refractivity (Wildman–Crippen MR) is 91.7 cm³/mol. The number of amides is 1. The number of anilines is 1. The van der Waals surface area contributed by atoms with Crippen LogP contribution in [0.2, 0.25) is 0 Å². The molecule has 0 atom stereocenters. The van der Waals surface area contributed by atoms with Crippen LogP contribution in [0.25, 0.3) is 0 Å². The number of aryl methyl sites for hydroxylation is 1. The standard InChI is InChI=1S/C16H25N3O3S/c1-4-23(21,22)18(3)14-7-9-19(10-8-14)16(20)15-11-13(17)6-5-12(15)2/h5-6,11,14H,4,7-10,17H2,1-3H3. The van der Waals surface area contributed by atoms with Crippen molar-refractivity contribution in [2.75, 3.05) is 31.6 Å². The zero-order valence-corrected chi connectivity index (χ0v) is 14.8. The third-order valence-electron chi connectivity index (χ3n) is 4.56. The van der Waals surface area contributed by atoms with Gasteiger partial charge in [-0.1, -0.05) is 6.07 Å². The second kappa shape index (κ2) is 6.88. The van der Waals surface area contributed by atoms with Gasteiger partial charge in [-0.05, 0) is 44.4 Å². The molecule has 1 fully saturated rings. The van der Waals surface area contributed by atoms with Crippen molar-refractivity contribution in [3.63, 3.8) is 0 Å². The Morgan fingerprint density at radius 2 is 1.96 bits per heavy atom. The lowest BCUT2D eigenvalue weighted by molar-refractivity contribution is 0.0685. The van der Waals surface area contributed by atoms with E-state index in [9.17, 15) is 13.2 Å². The summed E-state index contributed by atoms with van der Waals surface area (Å²) in [6.07, 6.45) is 1.31. The van der Waals surface area contributed by atoms with Crippen LogP contribution in [0.1, 0.15) is 35.7 Å². The van der Waals surface area contributed by atoms with Crippen LogP contribution in [0.5, 0.6) is 0 Å². The molecule has 1 aromatic rings. The van der Waals surface area contributed by atoms with Crippen LogP contribution in [0, 0.1) is 6.92 Å². The summed E-state index contributed by atoms with van der Waals surface area (Å²) in [4.78, 5) is 14.4. The molecule has 0 radical (unpaired) electrons. The highest BCUT2D eigenvalue weighted by molar-refractivity contribution is 7.89. The maximum Gasteiger partial charge on any atom is 0.254 e. The molecule has 128 valence electrons. The fraction of sp³-hybridized carbons (Fsp3) is 0.562. The summed E-state index contributed by atoms with van der Waals surface area (Å²) in [7, 11) is -1.56. The molecular formula is C16H25N3O3S. The van der Waals surface area contributed by atoms with Gasteiger partial charge in [0, 0.05) is 37.4 Å². The molecule has 0 unspecified atom stereocenters. The van der Waals surface area contributed by atoms with E-state index in [4.69, 9.17) is 5.73 Å². The van der Waals surface area contributed by atoms with Gasteiger partial charge < -0.3 is 10.6 Å². The van der Waals surface area contributed by atoms with Gasteiger partial charge in [0.05, 0.1) is 5.75 Å². The summed E-state index contributed by atoms with van der Waals surface area (Å²) in [5.41, 5.74) is 7.87. The van der Waals surface area contributed by atoms with Gasteiger partial charge in [0.25, 0.3) is 5.91 Å². The van der Waals surface area contributed by atoms with Crippen LogP contribution in [-0.4, -0.2) is 55.5 Å². The molecule has 0 aliphatic carbocycles. The van der Waals surface area contributed by atoms with Crippen molar-refractivity contribution in [1.29, 1.82) is 0 Å². The number of nitrogens with two attached hydrogens (primary N) is 1. The third kappa shape index (κ3) is 3.84. The van der Waals surface area contributed by atoms with Crippen molar-refractivity contribution in [3.05, 3.63) is 29.3 Å². The molecule has 1 amide bonds. The molecule has 0 saturated carbocycles. The van der Waals surface area contributed by atoms with Gasteiger partial charge in [-0.3, -0.25) is 4.79 Å². The topological polar surface area (TPSA) is 83.7 Å². The summed E-state index contributed by atoms with van der Waals surface area (Å²) in [5, 5.41) is 0. The van der Waals surface area contributed by atoms with Crippen molar-refractivity contribution < 1.29 is 13.2 Å². The fourth-order valence-corrected chi connectivity index (χ4v) is 3.98. The van der Waals surface area contributed by atoms with Crippen molar-refractivity contribution in [3.8, 4) is 0 Å². The Hall–Kier alpha value is -1.60. The molecule has 2 N–H and O–H groups in total. The second-order valence-corrected chi connectivity index (χ2v) is 8.33. The van der Waals surface area contributed by atoms with E-state index in [-0.39, 0.29) is 17.7 Å². The minimum atomic E-state index is -3.19. The summed E-state index contributed by atoms with van der Waals surface area (Å²) in [6, 6.07) is 5.29. The van der Waals surface area contributed by atoms with Crippen molar-refractivity contribution >= 4 is 21.6 Å². The van der Waals surface area contributed by atoms with Crippen LogP contribution in [0.15, 0.2) is 18.2 Å². The van der Waals surface area contributed by atoms with E-state index in [2.05, 4.69) is 0 Å². The Morgan fingerprint density at radius 1 is 1.35 bits per heavy atom. The zero-order valence-electron chi connectivity index (χ0n) is 13.9. The normalized spacial score (nSPS) is 16.8. The maximum atomic E-state index is 12.6. The molecule has 1 aliphatic rings. The molecule has 7 heteroatoms. The van der Waals surface area contributed by atoms with Crippen LogP contribution < -0.4 is 5.73 Å². The molecule has 0 spiro atoms. The molecule has 1 aliphatic heterocycles. The van der Waals surface area contributed by atoms with Gasteiger partial charge in [0.15, 0.2) is 0 Å². The van der Waals surface area contributed by atoms with Crippen LogP contribution in [0.3, 0.4) is 0 Å². The molecular weight excluding hydrogens is 314 g/mol. The van der Waals surface area contributed by atoms with Gasteiger partial charge in [-0.2, -0.15) is 0 Å². The number of benzene rings is 1. The van der Waals surface area contributed by atoms with Gasteiger partial charge in [-0.15, -0.1) is 0 Å². The number of carbonyl (C=O) groups excluding carboxylic acids is 1. The molecule has 1 aromatic carbocycles. The van der Waals surface area contributed by atoms with E-state index in [1.807, 2.05) is 13.0 Å². The van der Waals surface area contributed by atoms with Crippen LogP contribution >= 0.6 is 0 Å². The van der Waals surface area contributed by atoms with Crippen LogP contribution in [0.4, 0.5) is 5.69 Å². The highest BCUT2D eigenvalue weighted by Gasteiger charge is 2.30. The smallest absolute Gasteiger partial charge is 0.254 e. The number of nitrogens with zero attached hydrogens (tertiary/aromatic N) is 2. The average molecular weight is 339 g/mol. The second-order valence-electron chi connectivity index (χ2n) is 6.01. The highest BCUT2D eigenvalue weighted by Crippen LogP contribution is 2.21. The molecule has 6 nitrogen and oxygen atoms in total. The largest absolute Gasteiger partial charge is 0.399 e.